The Morgan fingerprint density at radius 2 is 2.27 bits per heavy atom. The van der Waals surface area contributed by atoms with Crippen LogP contribution in [0, 0.1) is 5.92 Å². The number of hydrogen-bond acceptors (Lipinski definition) is 3. The highest BCUT2D eigenvalue weighted by atomic mass is 15.2. The molecule has 1 unspecified atom stereocenters. The molecular formula is C11H14N4. The van der Waals surface area contributed by atoms with Crippen LogP contribution in [0.25, 0.3) is 5.65 Å². The molecule has 1 aliphatic carbocycles. The molecule has 0 saturated heterocycles. The van der Waals surface area contributed by atoms with Gasteiger partial charge in [-0.2, -0.15) is 0 Å². The average Bonchev–Trinajstić information content (AvgIpc) is 3.03. The van der Waals surface area contributed by atoms with Gasteiger partial charge in [-0.15, -0.1) is 10.2 Å². The summed E-state index contributed by atoms with van der Waals surface area (Å²) in [5, 5.41) is 8.29. The molecule has 0 aliphatic heterocycles. The first-order chi connectivity index (χ1) is 7.34. The highest BCUT2D eigenvalue weighted by Crippen LogP contribution is 2.32. The highest BCUT2D eigenvalue weighted by Gasteiger charge is 2.29. The van der Waals surface area contributed by atoms with Gasteiger partial charge in [0.2, 0.25) is 0 Å². The monoisotopic (exact) mass is 202 g/mol. The van der Waals surface area contributed by atoms with Crippen LogP contribution in [-0.4, -0.2) is 20.6 Å². The molecule has 0 aromatic carbocycles. The number of hydrogen-bond donors (Lipinski definition) is 1. The van der Waals surface area contributed by atoms with E-state index < -0.39 is 0 Å². The number of nitrogens with zero attached hydrogens (tertiary/aromatic N) is 3. The van der Waals surface area contributed by atoms with E-state index in [0.717, 1.165) is 17.9 Å². The molecule has 2 aromatic heterocycles. The van der Waals surface area contributed by atoms with Crippen molar-refractivity contribution >= 4 is 5.65 Å². The Kier molecular flexibility index (Phi) is 1.95. The molecule has 4 nitrogen and oxygen atoms in total. The van der Waals surface area contributed by atoms with Crippen molar-refractivity contribution in [1.29, 1.82) is 0 Å². The van der Waals surface area contributed by atoms with Crippen molar-refractivity contribution < 1.29 is 0 Å². The second-order valence-corrected chi connectivity index (χ2v) is 4.25. The van der Waals surface area contributed by atoms with E-state index in [-0.39, 0.29) is 6.04 Å². The van der Waals surface area contributed by atoms with Gasteiger partial charge in [0, 0.05) is 18.7 Å². The first kappa shape index (κ1) is 8.85. The summed E-state index contributed by atoms with van der Waals surface area (Å²) in [6, 6.07) is 6.16. The van der Waals surface area contributed by atoms with Crippen LogP contribution in [0.2, 0.25) is 0 Å². The third-order valence-corrected chi connectivity index (χ3v) is 3.03. The van der Waals surface area contributed by atoms with Crippen molar-refractivity contribution in [2.24, 2.45) is 11.7 Å². The Morgan fingerprint density at radius 3 is 3.07 bits per heavy atom. The van der Waals surface area contributed by atoms with Crippen LogP contribution in [0.4, 0.5) is 0 Å². The lowest BCUT2D eigenvalue weighted by atomic mass is 10.1. The predicted octanol–water partition coefficient (Wildman–Crippen LogP) is 1.01. The maximum atomic E-state index is 6.08. The molecule has 2 heterocycles. The van der Waals surface area contributed by atoms with Gasteiger partial charge < -0.3 is 5.73 Å². The Balaban J connectivity index is 1.90. The van der Waals surface area contributed by atoms with E-state index in [2.05, 4.69) is 10.2 Å². The number of nitrogens with two attached hydrogens (primary N) is 1. The van der Waals surface area contributed by atoms with Crippen molar-refractivity contribution in [3.05, 3.63) is 30.2 Å². The van der Waals surface area contributed by atoms with Crippen molar-refractivity contribution in [1.82, 2.24) is 14.6 Å². The largest absolute Gasteiger partial charge is 0.327 e. The van der Waals surface area contributed by atoms with Crippen LogP contribution in [0.5, 0.6) is 0 Å². The number of fused-ring (bicyclic) bond motifs is 1. The Labute approximate surface area is 88.1 Å². The van der Waals surface area contributed by atoms with E-state index in [0.29, 0.717) is 5.92 Å². The van der Waals surface area contributed by atoms with Crippen LogP contribution >= 0.6 is 0 Å². The van der Waals surface area contributed by atoms with Crippen molar-refractivity contribution in [2.45, 2.75) is 25.3 Å². The lowest BCUT2D eigenvalue weighted by Gasteiger charge is -2.07. The zero-order chi connectivity index (χ0) is 10.3. The summed E-state index contributed by atoms with van der Waals surface area (Å²) in [6.45, 7) is 0. The minimum absolute atomic E-state index is 0.248. The second-order valence-electron chi connectivity index (χ2n) is 4.25. The summed E-state index contributed by atoms with van der Waals surface area (Å²) in [5.74, 6) is 1.69. The van der Waals surface area contributed by atoms with Gasteiger partial charge in [0.25, 0.3) is 0 Å². The zero-order valence-corrected chi connectivity index (χ0v) is 8.50. The lowest BCUT2D eigenvalue weighted by Crippen LogP contribution is -2.26. The number of rotatable bonds is 3. The van der Waals surface area contributed by atoms with Crippen molar-refractivity contribution in [3.63, 3.8) is 0 Å². The molecule has 1 saturated carbocycles. The van der Waals surface area contributed by atoms with Gasteiger partial charge in [-0.25, -0.2) is 0 Å². The molecule has 1 atom stereocenters. The summed E-state index contributed by atoms with van der Waals surface area (Å²) < 4.78 is 2.02. The zero-order valence-electron chi connectivity index (χ0n) is 8.50. The smallest absolute Gasteiger partial charge is 0.160 e. The van der Waals surface area contributed by atoms with E-state index in [9.17, 15) is 0 Å². The van der Waals surface area contributed by atoms with Crippen LogP contribution in [0.1, 0.15) is 18.7 Å². The molecule has 0 bridgehead atoms. The van der Waals surface area contributed by atoms with E-state index >= 15 is 0 Å². The minimum atomic E-state index is 0.248. The number of pyridine rings is 1. The van der Waals surface area contributed by atoms with E-state index in [1.807, 2.05) is 28.8 Å². The predicted molar refractivity (Wildman–Crippen MR) is 57.4 cm³/mol. The molecule has 0 amide bonds. The summed E-state index contributed by atoms with van der Waals surface area (Å²) in [4.78, 5) is 0. The first-order valence-corrected chi connectivity index (χ1v) is 5.39. The molecule has 2 N–H and O–H groups in total. The fourth-order valence-corrected chi connectivity index (χ4v) is 1.93. The van der Waals surface area contributed by atoms with Crippen LogP contribution < -0.4 is 5.73 Å². The maximum absolute atomic E-state index is 6.08. The number of aromatic nitrogens is 3. The summed E-state index contributed by atoms with van der Waals surface area (Å²) >= 11 is 0. The molecule has 1 fully saturated rings. The molecular weight excluding hydrogens is 188 g/mol. The molecule has 1 aliphatic rings. The van der Waals surface area contributed by atoms with Crippen LogP contribution in [0.15, 0.2) is 24.4 Å². The van der Waals surface area contributed by atoms with Crippen LogP contribution in [0.3, 0.4) is 0 Å². The van der Waals surface area contributed by atoms with E-state index in [1.165, 1.54) is 12.8 Å². The Bertz CT molecular complexity index is 472. The minimum Gasteiger partial charge on any atom is -0.327 e. The highest BCUT2D eigenvalue weighted by molar-refractivity contribution is 5.37. The fraction of sp³-hybridized carbons (Fsp3) is 0.455. The third-order valence-electron chi connectivity index (χ3n) is 3.03. The quantitative estimate of drug-likeness (QED) is 0.808. The average molecular weight is 202 g/mol. The maximum Gasteiger partial charge on any atom is 0.160 e. The molecule has 3 rings (SSSR count). The fourth-order valence-electron chi connectivity index (χ4n) is 1.93. The standard InChI is InChI=1S/C11H14N4/c12-9(8-4-5-8)7-11-14-13-10-3-1-2-6-15(10)11/h1-3,6,8-9H,4-5,7,12H2. The van der Waals surface area contributed by atoms with Crippen LogP contribution in [-0.2, 0) is 6.42 Å². The molecule has 78 valence electrons. The van der Waals surface area contributed by atoms with E-state index in [1.54, 1.807) is 0 Å². The third kappa shape index (κ3) is 1.61. The Morgan fingerprint density at radius 1 is 1.40 bits per heavy atom. The molecule has 2 aromatic rings. The van der Waals surface area contributed by atoms with Gasteiger partial charge in [0.1, 0.15) is 5.82 Å². The van der Waals surface area contributed by atoms with Gasteiger partial charge in [0.05, 0.1) is 0 Å². The summed E-state index contributed by atoms with van der Waals surface area (Å²) in [6.07, 6.45) is 5.37. The van der Waals surface area contributed by atoms with Crippen molar-refractivity contribution in [3.8, 4) is 0 Å². The van der Waals surface area contributed by atoms with Gasteiger partial charge >= 0.3 is 0 Å². The molecule has 15 heavy (non-hydrogen) atoms. The van der Waals surface area contributed by atoms with Gasteiger partial charge in [-0.05, 0) is 30.9 Å². The first-order valence-electron chi connectivity index (χ1n) is 5.39. The molecule has 4 heteroatoms. The van der Waals surface area contributed by atoms with Crippen molar-refractivity contribution in [2.75, 3.05) is 0 Å². The topological polar surface area (TPSA) is 56.2 Å². The normalized spacial score (nSPS) is 18.2. The van der Waals surface area contributed by atoms with Gasteiger partial charge in [-0.3, -0.25) is 4.40 Å². The van der Waals surface area contributed by atoms with Gasteiger partial charge in [0.15, 0.2) is 5.65 Å². The van der Waals surface area contributed by atoms with Gasteiger partial charge in [-0.1, -0.05) is 6.07 Å². The molecule has 0 radical (unpaired) electrons. The lowest BCUT2D eigenvalue weighted by molar-refractivity contribution is 0.572. The second kappa shape index (κ2) is 3.31. The van der Waals surface area contributed by atoms with E-state index in [4.69, 9.17) is 5.73 Å². The SMILES string of the molecule is NC(Cc1nnc2ccccn12)C1CC1. The Hall–Kier alpha value is -1.42. The molecule has 0 spiro atoms. The summed E-state index contributed by atoms with van der Waals surface area (Å²) in [5.41, 5.74) is 6.98. The summed E-state index contributed by atoms with van der Waals surface area (Å²) in [7, 11) is 0.